The van der Waals surface area contributed by atoms with Crippen molar-refractivity contribution < 1.29 is 14.2 Å². The first-order valence-corrected chi connectivity index (χ1v) is 6.49. The van der Waals surface area contributed by atoms with Gasteiger partial charge in [-0.3, -0.25) is 4.98 Å². The lowest BCUT2D eigenvalue weighted by Gasteiger charge is -2.13. The van der Waals surface area contributed by atoms with Crippen LogP contribution in [0.4, 0.5) is 0 Å². The molecule has 4 rings (SSSR count). The van der Waals surface area contributed by atoms with Crippen molar-refractivity contribution in [3.63, 3.8) is 0 Å². The van der Waals surface area contributed by atoms with Gasteiger partial charge in [-0.25, -0.2) is 0 Å². The molecule has 1 aromatic heterocycles. The molecule has 0 saturated heterocycles. The summed E-state index contributed by atoms with van der Waals surface area (Å²) in [6.07, 6.45) is 5.80. The van der Waals surface area contributed by atoms with Gasteiger partial charge in [-0.15, -0.1) is 0 Å². The van der Waals surface area contributed by atoms with Gasteiger partial charge in [0.15, 0.2) is 0 Å². The van der Waals surface area contributed by atoms with E-state index in [0.717, 1.165) is 28.5 Å². The minimum atomic E-state index is -0.0306. The Kier molecular flexibility index (Phi) is 2.50. The van der Waals surface area contributed by atoms with E-state index in [-0.39, 0.29) is 12.2 Å². The minimum Gasteiger partial charge on any atom is -0.497 e. The molecule has 0 saturated carbocycles. The standard InChI is InChI=1S/C16H13NO3/c1-18-10-2-4-11(5-3-10)19-13-8-9-17-16-14-7-6-12(20-14)15(13)16/h2-9,12,14H,1H3/t12-,14+/m0/s1. The van der Waals surface area contributed by atoms with Gasteiger partial charge >= 0.3 is 0 Å². The molecule has 100 valence electrons. The van der Waals surface area contributed by atoms with Gasteiger partial charge in [-0.05, 0) is 30.3 Å². The summed E-state index contributed by atoms with van der Waals surface area (Å²) in [4.78, 5) is 4.40. The summed E-state index contributed by atoms with van der Waals surface area (Å²) in [6.45, 7) is 0. The van der Waals surface area contributed by atoms with Crippen LogP contribution in [0.3, 0.4) is 0 Å². The molecule has 2 aliphatic rings. The van der Waals surface area contributed by atoms with E-state index >= 15 is 0 Å². The number of pyridine rings is 1. The number of nitrogens with zero attached hydrogens (tertiary/aromatic N) is 1. The number of methoxy groups -OCH3 is 1. The molecule has 3 heterocycles. The Balaban J connectivity index is 1.67. The largest absolute Gasteiger partial charge is 0.497 e. The van der Waals surface area contributed by atoms with Crippen LogP contribution in [0.2, 0.25) is 0 Å². The van der Waals surface area contributed by atoms with Crippen molar-refractivity contribution in [2.75, 3.05) is 7.11 Å². The summed E-state index contributed by atoms with van der Waals surface area (Å²) in [5.74, 6) is 2.38. The molecule has 0 amide bonds. The van der Waals surface area contributed by atoms with Crippen molar-refractivity contribution >= 4 is 0 Å². The van der Waals surface area contributed by atoms with E-state index in [9.17, 15) is 0 Å². The molecule has 4 nitrogen and oxygen atoms in total. The first-order valence-electron chi connectivity index (χ1n) is 6.49. The lowest BCUT2D eigenvalue weighted by atomic mass is 10.0. The monoisotopic (exact) mass is 267 g/mol. The average molecular weight is 267 g/mol. The van der Waals surface area contributed by atoms with Crippen molar-refractivity contribution in [2.45, 2.75) is 12.2 Å². The summed E-state index contributed by atoms with van der Waals surface area (Å²) < 4.78 is 16.9. The van der Waals surface area contributed by atoms with E-state index in [2.05, 4.69) is 11.1 Å². The van der Waals surface area contributed by atoms with Crippen molar-refractivity contribution in [3.8, 4) is 17.2 Å². The Bertz CT molecular complexity index is 679. The Labute approximate surface area is 116 Å². The molecule has 0 fully saturated rings. The number of hydrogen-bond donors (Lipinski definition) is 0. The molecule has 20 heavy (non-hydrogen) atoms. The molecule has 0 unspecified atom stereocenters. The fourth-order valence-electron chi connectivity index (χ4n) is 2.61. The maximum Gasteiger partial charge on any atom is 0.137 e. The van der Waals surface area contributed by atoms with Gasteiger partial charge in [-0.2, -0.15) is 0 Å². The van der Waals surface area contributed by atoms with E-state index in [1.54, 1.807) is 13.3 Å². The van der Waals surface area contributed by atoms with Gasteiger partial charge in [0.1, 0.15) is 29.5 Å². The predicted molar refractivity (Wildman–Crippen MR) is 73.0 cm³/mol. The molecular formula is C16H13NO3. The fourth-order valence-corrected chi connectivity index (χ4v) is 2.61. The van der Waals surface area contributed by atoms with E-state index in [0.29, 0.717) is 0 Å². The van der Waals surface area contributed by atoms with Crippen molar-refractivity contribution in [1.29, 1.82) is 0 Å². The molecule has 2 aliphatic heterocycles. The zero-order chi connectivity index (χ0) is 13.5. The first kappa shape index (κ1) is 11.5. The summed E-state index contributed by atoms with van der Waals surface area (Å²) in [6, 6.07) is 9.39. The van der Waals surface area contributed by atoms with E-state index in [1.165, 1.54) is 0 Å². The normalized spacial score (nSPS) is 21.9. The molecule has 0 radical (unpaired) electrons. The van der Waals surface area contributed by atoms with Crippen LogP contribution in [0.5, 0.6) is 17.2 Å². The highest BCUT2D eigenvalue weighted by Gasteiger charge is 2.37. The van der Waals surface area contributed by atoms with Crippen LogP contribution >= 0.6 is 0 Å². The number of fused-ring (bicyclic) bond motifs is 5. The maximum atomic E-state index is 5.96. The minimum absolute atomic E-state index is 0.0191. The Morgan fingerprint density at radius 1 is 1.00 bits per heavy atom. The smallest absolute Gasteiger partial charge is 0.137 e. The van der Waals surface area contributed by atoms with Crippen molar-refractivity contribution in [2.24, 2.45) is 0 Å². The lowest BCUT2D eigenvalue weighted by molar-refractivity contribution is 0.0859. The number of rotatable bonds is 3. The van der Waals surface area contributed by atoms with Crippen molar-refractivity contribution in [3.05, 3.63) is 59.9 Å². The molecule has 0 aliphatic carbocycles. The van der Waals surface area contributed by atoms with Crippen LogP contribution in [0, 0.1) is 0 Å². The zero-order valence-corrected chi connectivity index (χ0v) is 10.9. The van der Waals surface area contributed by atoms with Crippen molar-refractivity contribution in [1.82, 2.24) is 4.98 Å². The number of aromatic nitrogens is 1. The van der Waals surface area contributed by atoms with Gasteiger partial charge in [0.25, 0.3) is 0 Å². The van der Waals surface area contributed by atoms with Gasteiger partial charge < -0.3 is 14.2 Å². The van der Waals surface area contributed by atoms with Crippen LogP contribution in [-0.2, 0) is 4.74 Å². The maximum absolute atomic E-state index is 5.96. The van der Waals surface area contributed by atoms with Gasteiger partial charge in [-0.1, -0.05) is 12.2 Å². The number of ether oxygens (including phenoxy) is 3. The Morgan fingerprint density at radius 3 is 2.55 bits per heavy atom. The summed E-state index contributed by atoms with van der Waals surface area (Å²) in [7, 11) is 1.64. The Morgan fingerprint density at radius 2 is 1.75 bits per heavy atom. The second-order valence-corrected chi connectivity index (χ2v) is 4.75. The highest BCUT2D eigenvalue weighted by Crippen LogP contribution is 2.49. The van der Waals surface area contributed by atoms with Crippen LogP contribution in [0.1, 0.15) is 23.5 Å². The molecule has 0 spiro atoms. The summed E-state index contributed by atoms with van der Waals surface area (Å²) in [5, 5.41) is 0. The topological polar surface area (TPSA) is 40.6 Å². The number of hydrogen-bond acceptors (Lipinski definition) is 4. The molecule has 0 N–H and O–H groups in total. The highest BCUT2D eigenvalue weighted by atomic mass is 16.5. The van der Waals surface area contributed by atoms with Crippen LogP contribution in [-0.4, -0.2) is 12.1 Å². The first-order chi connectivity index (χ1) is 9.85. The highest BCUT2D eigenvalue weighted by molar-refractivity contribution is 5.49. The molecule has 2 aromatic rings. The van der Waals surface area contributed by atoms with Gasteiger partial charge in [0, 0.05) is 6.20 Å². The third kappa shape index (κ3) is 1.69. The molecule has 2 bridgehead atoms. The van der Waals surface area contributed by atoms with E-state index in [4.69, 9.17) is 14.2 Å². The third-order valence-electron chi connectivity index (χ3n) is 3.58. The quantitative estimate of drug-likeness (QED) is 0.797. The van der Waals surface area contributed by atoms with E-state index < -0.39 is 0 Å². The SMILES string of the molecule is COc1ccc(Oc2ccnc3c2[C@@H]2C=C[C@H]3O2)cc1. The predicted octanol–water partition coefficient (Wildman–Crippen LogP) is 3.56. The van der Waals surface area contributed by atoms with E-state index in [1.807, 2.05) is 36.4 Å². The number of benzene rings is 1. The average Bonchev–Trinajstić information content (AvgIpc) is 3.10. The van der Waals surface area contributed by atoms with Gasteiger partial charge in [0.2, 0.25) is 0 Å². The second-order valence-electron chi connectivity index (χ2n) is 4.75. The fraction of sp³-hybridized carbons (Fsp3) is 0.188. The van der Waals surface area contributed by atoms with Gasteiger partial charge in [0.05, 0.1) is 18.4 Å². The van der Waals surface area contributed by atoms with Crippen LogP contribution in [0.15, 0.2) is 48.7 Å². The second kappa shape index (κ2) is 4.35. The molecule has 1 aromatic carbocycles. The summed E-state index contributed by atoms with van der Waals surface area (Å²) in [5.41, 5.74) is 2.00. The summed E-state index contributed by atoms with van der Waals surface area (Å²) >= 11 is 0. The van der Waals surface area contributed by atoms with Crippen LogP contribution in [0.25, 0.3) is 0 Å². The zero-order valence-electron chi connectivity index (χ0n) is 10.9. The third-order valence-corrected chi connectivity index (χ3v) is 3.58. The lowest BCUT2D eigenvalue weighted by Crippen LogP contribution is -1.99. The molecule has 2 atom stereocenters. The molecule has 4 heteroatoms. The van der Waals surface area contributed by atoms with Crippen LogP contribution < -0.4 is 9.47 Å². The Hall–Kier alpha value is -2.33. The molecular weight excluding hydrogens is 254 g/mol.